The topological polar surface area (TPSA) is 121 Å². The van der Waals surface area contributed by atoms with Gasteiger partial charge in [0.25, 0.3) is 5.56 Å². The van der Waals surface area contributed by atoms with E-state index < -0.39 is 0 Å². The van der Waals surface area contributed by atoms with Crippen molar-refractivity contribution in [1.29, 1.82) is 0 Å². The Labute approximate surface area is 244 Å². The molecule has 3 aromatic rings. The molecule has 3 heterocycles. The molecule has 3 aromatic heterocycles. The molecule has 12 heteroatoms. The van der Waals surface area contributed by atoms with Crippen LogP contribution in [0.3, 0.4) is 0 Å². The molecule has 0 bridgehead atoms. The zero-order valence-electron chi connectivity index (χ0n) is 23.3. The number of hydrogen-bond donors (Lipinski definition) is 4. The minimum atomic E-state index is -0.390. The van der Waals surface area contributed by atoms with Crippen LogP contribution < -0.4 is 10.9 Å². The van der Waals surface area contributed by atoms with E-state index in [0.717, 1.165) is 11.4 Å². The molecule has 0 fully saturated rings. The number of aromatic amines is 1. The molecule has 4 N–H and O–H groups in total. The van der Waals surface area contributed by atoms with Crippen molar-refractivity contribution in [1.82, 2.24) is 29.6 Å². The number of rotatable bonds is 12. The molecule has 3 rings (SSSR count). The van der Waals surface area contributed by atoms with Crippen molar-refractivity contribution in [3.05, 3.63) is 67.6 Å². The lowest BCUT2D eigenvalue weighted by Crippen LogP contribution is -2.35. The van der Waals surface area contributed by atoms with Crippen molar-refractivity contribution in [2.24, 2.45) is 7.05 Å². The van der Waals surface area contributed by atoms with Crippen LogP contribution in [0, 0.1) is 0 Å². The number of allylic oxidation sites excluding steroid dienone is 4. The summed E-state index contributed by atoms with van der Waals surface area (Å²) in [6, 6.07) is 3.52. The van der Waals surface area contributed by atoms with E-state index in [1.807, 2.05) is 51.4 Å². The van der Waals surface area contributed by atoms with Crippen LogP contribution in [0.5, 0.6) is 0 Å². The van der Waals surface area contributed by atoms with Gasteiger partial charge in [-0.1, -0.05) is 50.9 Å². The fourth-order valence-corrected chi connectivity index (χ4v) is 4.73. The Hall–Kier alpha value is -2.14. The van der Waals surface area contributed by atoms with Crippen LogP contribution in [0.4, 0.5) is 0 Å². The summed E-state index contributed by atoms with van der Waals surface area (Å²) in [5.41, 5.74) is 2.73. The molecule has 0 aliphatic rings. The third kappa shape index (κ3) is 8.93. The third-order valence-electron chi connectivity index (χ3n) is 5.90. The summed E-state index contributed by atoms with van der Waals surface area (Å²) < 4.78 is 3.62. The third-order valence-corrected chi connectivity index (χ3v) is 6.49. The Morgan fingerprint density at radius 3 is 2.38 bits per heavy atom. The second-order valence-corrected chi connectivity index (χ2v) is 10.8. The first-order valence-electron chi connectivity index (χ1n) is 13.0. The van der Waals surface area contributed by atoms with Crippen LogP contribution in [0.1, 0.15) is 63.4 Å². The number of alkyl halides is 1. The summed E-state index contributed by atoms with van der Waals surface area (Å²) in [5, 5.41) is 27.3. The maximum Gasteiger partial charge on any atom is 0.262 e. The molecule has 1 unspecified atom stereocenters. The minimum absolute atomic E-state index is 0.00503. The summed E-state index contributed by atoms with van der Waals surface area (Å²) >= 11 is 18.6. The van der Waals surface area contributed by atoms with E-state index in [0.29, 0.717) is 45.6 Å². The molecule has 9 nitrogen and oxygen atoms in total. The first-order valence-corrected chi connectivity index (χ1v) is 14.2. The van der Waals surface area contributed by atoms with Crippen LogP contribution in [-0.2, 0) is 26.6 Å². The first-order chi connectivity index (χ1) is 18.5. The molecule has 0 aromatic carbocycles. The lowest BCUT2D eigenvalue weighted by Gasteiger charge is -2.14. The summed E-state index contributed by atoms with van der Waals surface area (Å²) in [5.74, 6) is 0.498. The quantitative estimate of drug-likeness (QED) is 0.179. The van der Waals surface area contributed by atoms with E-state index in [2.05, 4.69) is 15.4 Å². The largest absolute Gasteiger partial charge is 0.395 e. The molecule has 0 amide bonds. The summed E-state index contributed by atoms with van der Waals surface area (Å²) in [4.78, 5) is 20.8. The van der Waals surface area contributed by atoms with Gasteiger partial charge in [-0.25, -0.2) is 9.67 Å². The Morgan fingerprint density at radius 1 is 1.15 bits per heavy atom. The Bertz CT molecular complexity index is 1340. The molecule has 0 aliphatic carbocycles. The number of aliphatic hydroxyl groups is 2. The fraction of sp³-hybridized carbons (Fsp3) is 0.519. The van der Waals surface area contributed by atoms with E-state index >= 15 is 0 Å². The average molecular weight is 602 g/mol. The molecular weight excluding hydrogens is 563 g/mol. The van der Waals surface area contributed by atoms with E-state index in [1.165, 1.54) is 0 Å². The Kier molecular flexibility index (Phi) is 13.2. The molecule has 0 saturated carbocycles. The number of nitrogens with one attached hydrogen (secondary N) is 2. The van der Waals surface area contributed by atoms with Gasteiger partial charge in [-0.05, 0) is 37.1 Å². The smallest absolute Gasteiger partial charge is 0.262 e. The number of nitrogens with zero attached hydrogens (tertiary/aromatic N) is 4. The van der Waals surface area contributed by atoms with Crippen molar-refractivity contribution in [3.63, 3.8) is 0 Å². The maximum absolute atomic E-state index is 13.1. The number of aliphatic hydroxyl groups excluding tert-OH is 2. The van der Waals surface area contributed by atoms with Gasteiger partial charge in [0.1, 0.15) is 11.2 Å². The predicted molar refractivity (Wildman–Crippen MR) is 160 cm³/mol. The van der Waals surface area contributed by atoms with Crippen molar-refractivity contribution in [2.75, 3.05) is 13.2 Å². The van der Waals surface area contributed by atoms with Gasteiger partial charge in [-0.15, -0.1) is 11.6 Å². The van der Waals surface area contributed by atoms with Gasteiger partial charge in [-0.3, -0.25) is 4.79 Å². The van der Waals surface area contributed by atoms with Gasteiger partial charge in [0.05, 0.1) is 36.9 Å². The van der Waals surface area contributed by atoms with Gasteiger partial charge < -0.3 is 25.1 Å². The molecule has 39 heavy (non-hydrogen) atoms. The molecule has 0 radical (unpaired) electrons. The highest BCUT2D eigenvalue weighted by Crippen LogP contribution is 2.23. The van der Waals surface area contributed by atoms with Crippen molar-refractivity contribution in [3.8, 4) is 0 Å². The second-order valence-electron chi connectivity index (χ2n) is 9.22. The van der Waals surface area contributed by atoms with Gasteiger partial charge in [0, 0.05) is 41.5 Å². The Balaban J connectivity index is 0.00000260. The lowest BCUT2D eigenvalue weighted by atomic mass is 10.1. The van der Waals surface area contributed by atoms with Crippen molar-refractivity contribution < 1.29 is 10.2 Å². The average Bonchev–Trinajstić information content (AvgIpc) is 3.41. The highest BCUT2D eigenvalue weighted by molar-refractivity contribution is 6.35. The molecule has 0 aliphatic heterocycles. The standard InChI is InChI=1S/C25H33Cl3N6O3.C2H6/c1-14(2)23-22-24(34(32-23)11-17(28)8-16(27)7-15(3)26)30-21(31-25(22)37)9-19-5-6-20(33(19)4)10-29-18(12-35)13-36;1-2/h5-8,14-15,18,29,35-36H,9-13H2,1-4H3,(H,30,31,37);1-2H3/b16-7+,17-8+;. The van der Waals surface area contributed by atoms with Crippen molar-refractivity contribution >= 4 is 45.8 Å². The molecule has 0 saturated heterocycles. The summed E-state index contributed by atoms with van der Waals surface area (Å²) in [6.45, 7) is 10.1. The SMILES string of the molecule is CC.CC(Cl)/C=C(Cl)\C=C(\Cl)Cn1nc(C(C)C)c2c(=O)[nH]c(Cc3ccc(CNC(CO)CO)n3C)nc21. The highest BCUT2D eigenvalue weighted by Gasteiger charge is 2.20. The lowest BCUT2D eigenvalue weighted by molar-refractivity contribution is 0.170. The highest BCUT2D eigenvalue weighted by atomic mass is 35.5. The van der Waals surface area contributed by atoms with Gasteiger partial charge >= 0.3 is 0 Å². The zero-order chi connectivity index (χ0) is 29.3. The van der Waals surface area contributed by atoms with Crippen molar-refractivity contribution in [2.45, 2.75) is 71.5 Å². The van der Waals surface area contributed by atoms with E-state index in [4.69, 9.17) is 39.8 Å². The molecular formula is C27H39Cl3N6O3. The molecule has 0 spiro atoms. The number of halogens is 3. The van der Waals surface area contributed by atoms with Crippen LogP contribution in [0.15, 0.2) is 39.1 Å². The van der Waals surface area contributed by atoms with Crippen LogP contribution in [0.25, 0.3) is 11.0 Å². The van der Waals surface area contributed by atoms with Crippen LogP contribution in [0.2, 0.25) is 0 Å². The second kappa shape index (κ2) is 15.6. The summed E-state index contributed by atoms with van der Waals surface area (Å²) in [7, 11) is 1.92. The number of hydrogen-bond acceptors (Lipinski definition) is 6. The van der Waals surface area contributed by atoms with E-state index in [9.17, 15) is 15.0 Å². The Morgan fingerprint density at radius 2 is 1.79 bits per heavy atom. The van der Waals surface area contributed by atoms with E-state index in [1.54, 1.807) is 23.8 Å². The molecule has 216 valence electrons. The van der Waals surface area contributed by atoms with Gasteiger partial charge in [0.15, 0.2) is 5.65 Å². The van der Waals surface area contributed by atoms with Crippen LogP contribution >= 0.6 is 34.8 Å². The van der Waals surface area contributed by atoms with Gasteiger partial charge in [0.2, 0.25) is 0 Å². The van der Waals surface area contributed by atoms with Gasteiger partial charge in [-0.2, -0.15) is 5.10 Å². The predicted octanol–water partition coefficient (Wildman–Crippen LogP) is 4.51. The van der Waals surface area contributed by atoms with E-state index in [-0.39, 0.29) is 42.7 Å². The summed E-state index contributed by atoms with van der Waals surface area (Å²) in [6.07, 6.45) is 3.67. The monoisotopic (exact) mass is 600 g/mol. The number of H-pyrrole nitrogens is 1. The maximum atomic E-state index is 13.1. The molecule has 1 atom stereocenters. The fourth-order valence-electron chi connectivity index (χ4n) is 3.92. The van der Waals surface area contributed by atoms with Crippen LogP contribution in [-0.4, -0.2) is 59.2 Å². The first kappa shape index (κ1) is 33.1. The zero-order valence-corrected chi connectivity index (χ0v) is 25.6. The minimum Gasteiger partial charge on any atom is -0.395 e. The number of fused-ring (bicyclic) bond motifs is 1. The number of aromatic nitrogens is 5. The normalized spacial score (nSPS) is 13.4.